The van der Waals surface area contributed by atoms with Crippen LogP contribution in [0.25, 0.3) is 6.08 Å². The van der Waals surface area contributed by atoms with Gasteiger partial charge in [0.2, 0.25) is 0 Å². The van der Waals surface area contributed by atoms with Crippen molar-refractivity contribution in [2.24, 2.45) is 4.99 Å². The highest BCUT2D eigenvalue weighted by Crippen LogP contribution is 2.39. The summed E-state index contributed by atoms with van der Waals surface area (Å²) in [5.41, 5.74) is 3.47. The number of nitrogens with zero attached hydrogens (tertiary/aromatic N) is 1. The molecule has 36 heavy (non-hydrogen) atoms. The van der Waals surface area contributed by atoms with E-state index in [4.69, 9.17) is 44.3 Å². The van der Waals surface area contributed by atoms with Crippen molar-refractivity contribution in [1.82, 2.24) is 5.32 Å². The van der Waals surface area contributed by atoms with Crippen LogP contribution in [0.4, 0.5) is 5.69 Å². The molecule has 0 aromatic heterocycles. The molecule has 1 heterocycles. The first kappa shape index (κ1) is 26.4. The van der Waals surface area contributed by atoms with Crippen molar-refractivity contribution in [2.45, 2.75) is 26.9 Å². The number of nitrogens with one attached hydrogen (secondary N) is 1. The fourth-order valence-corrected chi connectivity index (χ4v) is 5.00. The molecule has 1 amide bonds. The first-order valence-corrected chi connectivity index (χ1v) is 13.2. The van der Waals surface area contributed by atoms with E-state index in [9.17, 15) is 4.79 Å². The summed E-state index contributed by atoms with van der Waals surface area (Å²) in [6, 6.07) is 16.6. The fraction of sp³-hybridized carbons (Fsp3) is 0.185. The zero-order chi connectivity index (χ0) is 25.7. The van der Waals surface area contributed by atoms with E-state index in [0.29, 0.717) is 48.8 Å². The second-order valence-corrected chi connectivity index (χ2v) is 10.1. The minimum absolute atomic E-state index is 0.188. The average Bonchev–Trinajstić information content (AvgIpc) is 3.18. The number of thioether (sulfide) groups is 1. The van der Waals surface area contributed by atoms with Crippen LogP contribution in [0.1, 0.15) is 30.5 Å². The van der Waals surface area contributed by atoms with Gasteiger partial charge in [0.1, 0.15) is 6.61 Å². The van der Waals surface area contributed by atoms with Gasteiger partial charge in [-0.15, -0.1) is 0 Å². The van der Waals surface area contributed by atoms with Crippen molar-refractivity contribution in [2.75, 3.05) is 6.61 Å². The summed E-state index contributed by atoms with van der Waals surface area (Å²) in [6.45, 7) is 4.57. The van der Waals surface area contributed by atoms with Crippen LogP contribution >= 0.6 is 46.6 Å². The van der Waals surface area contributed by atoms with Crippen molar-refractivity contribution in [3.63, 3.8) is 0 Å². The third-order valence-corrected chi connectivity index (χ3v) is 7.02. The molecule has 0 aliphatic carbocycles. The molecule has 1 aliphatic heterocycles. The van der Waals surface area contributed by atoms with Gasteiger partial charge < -0.3 is 14.8 Å². The molecule has 0 unspecified atom stereocenters. The largest absolute Gasteiger partial charge is 0.490 e. The van der Waals surface area contributed by atoms with Gasteiger partial charge in [-0.1, -0.05) is 59.9 Å². The van der Waals surface area contributed by atoms with Crippen molar-refractivity contribution in [3.8, 4) is 11.5 Å². The van der Waals surface area contributed by atoms with E-state index in [1.807, 2.05) is 31.2 Å². The number of carbonyl (C=O) groups is 1. The molecule has 0 radical (unpaired) electrons. The Balaban J connectivity index is 1.54. The number of halogens is 3. The van der Waals surface area contributed by atoms with Gasteiger partial charge in [0.25, 0.3) is 5.91 Å². The monoisotopic (exact) mass is 560 g/mol. The molecule has 4 rings (SSSR count). The molecule has 3 aromatic carbocycles. The lowest BCUT2D eigenvalue weighted by Crippen LogP contribution is -2.19. The van der Waals surface area contributed by atoms with Gasteiger partial charge >= 0.3 is 0 Å². The smallest absolute Gasteiger partial charge is 0.264 e. The third kappa shape index (κ3) is 6.56. The molecular formula is C27H23Cl3N2O3S. The van der Waals surface area contributed by atoms with Crippen LogP contribution in [0.15, 0.2) is 64.5 Å². The van der Waals surface area contributed by atoms with Crippen LogP contribution in [-0.2, 0) is 17.8 Å². The Morgan fingerprint density at radius 3 is 2.44 bits per heavy atom. The maximum absolute atomic E-state index is 12.6. The molecule has 0 bridgehead atoms. The number of benzene rings is 3. The van der Waals surface area contributed by atoms with Gasteiger partial charge in [-0.05, 0) is 78.7 Å². The molecule has 3 aromatic rings. The van der Waals surface area contributed by atoms with Gasteiger partial charge in [-0.2, -0.15) is 0 Å². The van der Waals surface area contributed by atoms with Crippen LogP contribution in [0.3, 0.4) is 0 Å². The van der Waals surface area contributed by atoms with Crippen LogP contribution in [-0.4, -0.2) is 17.7 Å². The maximum atomic E-state index is 12.6. The predicted molar refractivity (Wildman–Crippen MR) is 150 cm³/mol. The summed E-state index contributed by atoms with van der Waals surface area (Å²) in [4.78, 5) is 17.6. The number of hydrogen-bond acceptors (Lipinski definition) is 5. The Kier molecular flexibility index (Phi) is 8.86. The first-order valence-electron chi connectivity index (χ1n) is 11.3. The predicted octanol–water partition coefficient (Wildman–Crippen LogP) is 8.08. The number of carbonyl (C=O) groups excluding carboxylic acids is 1. The second-order valence-electron chi connectivity index (χ2n) is 7.79. The van der Waals surface area contributed by atoms with Gasteiger partial charge in [0.05, 0.1) is 22.2 Å². The highest BCUT2D eigenvalue weighted by atomic mass is 35.5. The van der Waals surface area contributed by atoms with E-state index in [0.717, 1.165) is 17.7 Å². The molecule has 0 saturated carbocycles. The van der Waals surface area contributed by atoms with Crippen LogP contribution in [0.5, 0.6) is 11.5 Å². The van der Waals surface area contributed by atoms with Gasteiger partial charge in [-0.3, -0.25) is 4.79 Å². The van der Waals surface area contributed by atoms with E-state index in [1.165, 1.54) is 17.3 Å². The lowest BCUT2D eigenvalue weighted by Gasteiger charge is -2.15. The molecule has 0 spiro atoms. The fourth-order valence-electron chi connectivity index (χ4n) is 3.42. The van der Waals surface area contributed by atoms with Gasteiger partial charge in [0.15, 0.2) is 16.7 Å². The Morgan fingerprint density at radius 2 is 1.75 bits per heavy atom. The number of amidine groups is 1. The normalized spacial score (nSPS) is 15.4. The molecule has 1 N–H and O–H groups in total. The number of aryl methyl sites for hydroxylation is 1. The molecule has 9 heteroatoms. The zero-order valence-electron chi connectivity index (χ0n) is 19.6. The van der Waals surface area contributed by atoms with E-state index in [1.54, 1.807) is 36.4 Å². The standard InChI is InChI=1S/C27H23Cl3N2O3S/c1-3-16-5-9-20(10-6-16)31-27-32-26(33)24(36-27)13-17-11-22(30)25(23(12-17)34-4-2)35-15-18-7-8-19(28)14-21(18)29/h5-14H,3-4,15H2,1-2H3,(H,31,32,33)/b24-13-. The van der Waals surface area contributed by atoms with E-state index in [2.05, 4.69) is 17.2 Å². The molecular weight excluding hydrogens is 539 g/mol. The average molecular weight is 562 g/mol. The Bertz CT molecular complexity index is 1340. The van der Waals surface area contributed by atoms with Crippen LogP contribution in [0, 0.1) is 0 Å². The highest BCUT2D eigenvalue weighted by Gasteiger charge is 2.24. The van der Waals surface area contributed by atoms with E-state index in [-0.39, 0.29) is 12.5 Å². The van der Waals surface area contributed by atoms with Gasteiger partial charge in [0, 0.05) is 15.6 Å². The number of ether oxygens (including phenoxy) is 2. The highest BCUT2D eigenvalue weighted by molar-refractivity contribution is 8.18. The summed E-state index contributed by atoms with van der Waals surface area (Å²) in [5, 5.41) is 4.73. The number of rotatable bonds is 8. The minimum atomic E-state index is -0.226. The van der Waals surface area contributed by atoms with Crippen molar-refractivity contribution in [1.29, 1.82) is 0 Å². The van der Waals surface area contributed by atoms with E-state index >= 15 is 0 Å². The lowest BCUT2D eigenvalue weighted by molar-refractivity contribution is -0.115. The van der Waals surface area contributed by atoms with E-state index < -0.39 is 0 Å². The SMILES string of the molecule is CCOc1cc(/C=C2\SC(=Nc3ccc(CC)cc3)NC2=O)cc(Cl)c1OCc1ccc(Cl)cc1Cl. The van der Waals surface area contributed by atoms with Crippen molar-refractivity contribution >= 4 is 69.4 Å². The molecule has 186 valence electrons. The van der Waals surface area contributed by atoms with Crippen molar-refractivity contribution < 1.29 is 14.3 Å². The minimum Gasteiger partial charge on any atom is -0.490 e. The maximum Gasteiger partial charge on any atom is 0.264 e. The van der Waals surface area contributed by atoms with Gasteiger partial charge in [-0.25, -0.2) is 4.99 Å². The number of hydrogen-bond donors (Lipinski definition) is 1. The molecule has 1 saturated heterocycles. The molecule has 1 fully saturated rings. The Labute approximate surface area is 229 Å². The topological polar surface area (TPSA) is 59.9 Å². The number of amides is 1. The summed E-state index contributed by atoms with van der Waals surface area (Å²) in [6.07, 6.45) is 2.71. The molecule has 5 nitrogen and oxygen atoms in total. The second kappa shape index (κ2) is 12.1. The van der Waals surface area contributed by atoms with Crippen molar-refractivity contribution in [3.05, 3.63) is 91.3 Å². The quantitative estimate of drug-likeness (QED) is 0.282. The summed E-state index contributed by atoms with van der Waals surface area (Å²) < 4.78 is 11.7. The summed E-state index contributed by atoms with van der Waals surface area (Å²) >= 11 is 20.1. The zero-order valence-corrected chi connectivity index (χ0v) is 22.7. The van der Waals surface area contributed by atoms with Crippen LogP contribution in [0.2, 0.25) is 15.1 Å². The molecule has 0 atom stereocenters. The molecule has 1 aliphatic rings. The Hall–Kier alpha value is -2.64. The summed E-state index contributed by atoms with van der Waals surface area (Å²) in [5.74, 6) is 0.638. The number of aliphatic imine (C=N–C) groups is 1. The first-order chi connectivity index (χ1) is 17.4. The summed E-state index contributed by atoms with van der Waals surface area (Å²) in [7, 11) is 0. The lowest BCUT2D eigenvalue weighted by atomic mass is 10.1. The van der Waals surface area contributed by atoms with Crippen LogP contribution < -0.4 is 14.8 Å². The Morgan fingerprint density at radius 1 is 0.972 bits per heavy atom. The third-order valence-electron chi connectivity index (χ3n) is 5.24.